The number of allylic oxidation sites excluding steroid dienone is 3. The van der Waals surface area contributed by atoms with Crippen molar-refractivity contribution < 1.29 is 0 Å². The lowest BCUT2D eigenvalue weighted by Crippen LogP contribution is -1.87. The lowest BCUT2D eigenvalue weighted by Gasteiger charge is -2.02. The summed E-state index contributed by atoms with van der Waals surface area (Å²) in [5.41, 5.74) is 1.42. The first-order valence-electron chi connectivity index (χ1n) is 3.07. The normalized spacial score (nSPS) is 35.0. The summed E-state index contributed by atoms with van der Waals surface area (Å²) in [7, 11) is 0. The fraction of sp³-hybridized carbons (Fsp3) is 0.375. The van der Waals surface area contributed by atoms with Crippen molar-refractivity contribution in [2.75, 3.05) is 0 Å². The maximum absolute atomic E-state index is 3.96. The number of hydrogen-bond acceptors (Lipinski definition) is 0. The van der Waals surface area contributed by atoms with Gasteiger partial charge in [0, 0.05) is 5.92 Å². The third kappa shape index (κ3) is 0.405. The maximum atomic E-state index is 3.96. The van der Waals surface area contributed by atoms with Crippen LogP contribution in [0.5, 0.6) is 0 Å². The summed E-state index contributed by atoms with van der Waals surface area (Å²) in [6.45, 7) is 3.96. The Balaban J connectivity index is 2.35. The van der Waals surface area contributed by atoms with E-state index in [1.54, 1.807) is 5.92 Å². The van der Waals surface area contributed by atoms with E-state index in [1.807, 2.05) is 0 Å². The minimum absolute atomic E-state index is 0.727. The second-order valence-corrected chi connectivity index (χ2v) is 2.66. The molecule has 2 bridgehead atoms. The third-order valence-electron chi connectivity index (χ3n) is 2.02. The molecule has 1 unspecified atom stereocenters. The van der Waals surface area contributed by atoms with Gasteiger partial charge in [-0.25, -0.2) is 0 Å². The van der Waals surface area contributed by atoms with Crippen LogP contribution in [-0.2, 0) is 0 Å². The Hall–Kier alpha value is -0.520. The summed E-state index contributed by atoms with van der Waals surface area (Å²) in [6.07, 6.45) is 6.97. The average Bonchev–Trinajstić information content (AvgIpc) is 2.23. The van der Waals surface area contributed by atoms with E-state index in [1.165, 1.54) is 18.4 Å². The zero-order valence-electron chi connectivity index (χ0n) is 4.85. The van der Waals surface area contributed by atoms with Crippen LogP contribution in [-0.4, -0.2) is 0 Å². The van der Waals surface area contributed by atoms with E-state index >= 15 is 0 Å². The van der Waals surface area contributed by atoms with Crippen molar-refractivity contribution in [3.63, 3.8) is 0 Å². The van der Waals surface area contributed by atoms with Gasteiger partial charge in [-0.15, -0.1) is 0 Å². The summed E-state index contributed by atoms with van der Waals surface area (Å²) in [4.78, 5) is 0. The van der Waals surface area contributed by atoms with Crippen LogP contribution >= 0.6 is 0 Å². The van der Waals surface area contributed by atoms with Crippen LogP contribution in [0.1, 0.15) is 12.8 Å². The summed E-state index contributed by atoms with van der Waals surface area (Å²) < 4.78 is 0. The Labute approximate surface area is 49.9 Å². The van der Waals surface area contributed by atoms with Gasteiger partial charge < -0.3 is 0 Å². The third-order valence-corrected chi connectivity index (χ3v) is 2.02. The van der Waals surface area contributed by atoms with Gasteiger partial charge in [0.2, 0.25) is 0 Å². The summed E-state index contributed by atoms with van der Waals surface area (Å²) in [5.74, 6) is 2.31. The van der Waals surface area contributed by atoms with E-state index in [0.717, 1.165) is 5.92 Å². The van der Waals surface area contributed by atoms with Gasteiger partial charge in [-0.1, -0.05) is 24.3 Å². The molecule has 1 radical (unpaired) electrons. The quantitative estimate of drug-likeness (QED) is 0.414. The highest BCUT2D eigenvalue weighted by atomic mass is 14.3. The Kier molecular flexibility index (Phi) is 0.682. The van der Waals surface area contributed by atoms with Crippen LogP contribution in [0.25, 0.3) is 0 Å². The summed E-state index contributed by atoms with van der Waals surface area (Å²) >= 11 is 0. The molecule has 1 saturated carbocycles. The van der Waals surface area contributed by atoms with E-state index in [4.69, 9.17) is 0 Å². The van der Waals surface area contributed by atoms with Gasteiger partial charge in [0.15, 0.2) is 0 Å². The van der Waals surface area contributed by atoms with Crippen molar-refractivity contribution in [2.24, 2.45) is 5.92 Å². The summed E-state index contributed by atoms with van der Waals surface area (Å²) in [6, 6.07) is 0. The zero-order chi connectivity index (χ0) is 5.56. The molecule has 0 heteroatoms. The van der Waals surface area contributed by atoms with Crippen molar-refractivity contribution >= 4 is 0 Å². The van der Waals surface area contributed by atoms with Gasteiger partial charge in [0.25, 0.3) is 0 Å². The maximum Gasteiger partial charge on any atom is 0.00222 e. The van der Waals surface area contributed by atoms with Crippen molar-refractivity contribution in [3.8, 4) is 0 Å². The second kappa shape index (κ2) is 1.25. The Morgan fingerprint density at radius 2 is 2.50 bits per heavy atom. The Bertz CT molecular complexity index is 153. The molecule has 0 nitrogen and oxygen atoms in total. The highest BCUT2D eigenvalue weighted by molar-refractivity contribution is 5.36. The predicted molar refractivity (Wildman–Crippen MR) is 34.2 cm³/mol. The molecular weight excluding hydrogens is 96.1 g/mol. The van der Waals surface area contributed by atoms with Gasteiger partial charge in [-0.05, 0) is 18.8 Å². The van der Waals surface area contributed by atoms with Crippen LogP contribution in [0, 0.1) is 11.8 Å². The fourth-order valence-corrected chi connectivity index (χ4v) is 1.51. The first kappa shape index (κ1) is 4.37. The fourth-order valence-electron chi connectivity index (χ4n) is 1.51. The van der Waals surface area contributed by atoms with Crippen molar-refractivity contribution in [1.82, 2.24) is 0 Å². The Morgan fingerprint density at radius 3 is 2.75 bits per heavy atom. The topological polar surface area (TPSA) is 0 Å². The minimum atomic E-state index is 0.727. The van der Waals surface area contributed by atoms with Gasteiger partial charge >= 0.3 is 0 Å². The molecule has 2 rings (SSSR count). The van der Waals surface area contributed by atoms with Crippen LogP contribution in [0.15, 0.2) is 24.3 Å². The molecule has 0 heterocycles. The molecule has 0 aromatic rings. The molecule has 0 saturated heterocycles. The lowest BCUT2D eigenvalue weighted by atomic mass is 10.0. The SMILES string of the molecule is C=C1C[C]2C=CC1C2. The second-order valence-electron chi connectivity index (χ2n) is 2.66. The molecule has 0 aromatic heterocycles. The van der Waals surface area contributed by atoms with E-state index in [0.29, 0.717) is 0 Å². The summed E-state index contributed by atoms with van der Waals surface area (Å²) in [5, 5.41) is 0. The van der Waals surface area contributed by atoms with E-state index in [-0.39, 0.29) is 0 Å². The highest BCUT2D eigenvalue weighted by Gasteiger charge is 2.29. The molecular formula is C8H9. The standard InChI is InChI=1S/C8H9/c1-6-4-7-2-3-8(6)5-7/h2-3,8H,1,4-5H2. The molecule has 2 aliphatic rings. The molecule has 41 valence electrons. The minimum Gasteiger partial charge on any atom is -0.0992 e. The van der Waals surface area contributed by atoms with E-state index in [9.17, 15) is 0 Å². The smallest absolute Gasteiger partial charge is 0.00222 e. The lowest BCUT2D eigenvalue weighted by molar-refractivity contribution is 0.845. The van der Waals surface area contributed by atoms with Gasteiger partial charge in [-0.3, -0.25) is 0 Å². The van der Waals surface area contributed by atoms with E-state index < -0.39 is 0 Å². The van der Waals surface area contributed by atoms with Crippen LogP contribution in [0.4, 0.5) is 0 Å². The molecule has 8 heavy (non-hydrogen) atoms. The highest BCUT2D eigenvalue weighted by Crippen LogP contribution is 2.43. The first-order chi connectivity index (χ1) is 3.86. The van der Waals surface area contributed by atoms with Crippen LogP contribution in [0.3, 0.4) is 0 Å². The van der Waals surface area contributed by atoms with Gasteiger partial charge in [-0.2, -0.15) is 0 Å². The molecule has 2 aliphatic carbocycles. The van der Waals surface area contributed by atoms with Crippen molar-refractivity contribution in [3.05, 3.63) is 30.2 Å². The zero-order valence-corrected chi connectivity index (χ0v) is 4.85. The number of hydrogen-bond donors (Lipinski definition) is 0. The largest absolute Gasteiger partial charge is 0.0992 e. The van der Waals surface area contributed by atoms with Crippen molar-refractivity contribution in [2.45, 2.75) is 12.8 Å². The monoisotopic (exact) mass is 105 g/mol. The number of rotatable bonds is 0. The molecule has 0 amide bonds. The Morgan fingerprint density at radius 1 is 1.62 bits per heavy atom. The average molecular weight is 105 g/mol. The first-order valence-corrected chi connectivity index (χ1v) is 3.07. The van der Waals surface area contributed by atoms with Gasteiger partial charge in [0.05, 0.1) is 0 Å². The predicted octanol–water partition coefficient (Wildman–Crippen LogP) is 2.10. The molecule has 1 atom stereocenters. The molecule has 0 N–H and O–H groups in total. The number of fused-ring (bicyclic) bond motifs is 2. The van der Waals surface area contributed by atoms with Gasteiger partial charge in [0.1, 0.15) is 0 Å². The van der Waals surface area contributed by atoms with Crippen molar-refractivity contribution in [1.29, 1.82) is 0 Å². The molecule has 1 fully saturated rings. The molecule has 0 spiro atoms. The van der Waals surface area contributed by atoms with E-state index in [2.05, 4.69) is 18.7 Å². The molecule has 0 aromatic carbocycles. The molecule has 0 aliphatic heterocycles. The van der Waals surface area contributed by atoms with Crippen LogP contribution in [0.2, 0.25) is 0 Å². The van der Waals surface area contributed by atoms with Crippen LogP contribution < -0.4 is 0 Å².